The summed E-state index contributed by atoms with van der Waals surface area (Å²) in [6.45, 7) is 15.0. The minimum atomic E-state index is 0. The SMILES string of the molecule is CCNC(=NCC1CCCOC1C(C)(C)C)NCC1CN(C)CCO1.I. The van der Waals surface area contributed by atoms with Crippen LogP contribution in [0.15, 0.2) is 4.99 Å². The number of morpholine rings is 1. The van der Waals surface area contributed by atoms with Crippen molar-refractivity contribution in [2.24, 2.45) is 16.3 Å². The Bertz CT molecular complexity index is 428. The van der Waals surface area contributed by atoms with Crippen LogP contribution in [0.3, 0.4) is 0 Å². The van der Waals surface area contributed by atoms with Gasteiger partial charge in [0.25, 0.3) is 0 Å². The zero-order valence-electron chi connectivity index (χ0n) is 17.2. The Morgan fingerprint density at radius 2 is 1.96 bits per heavy atom. The van der Waals surface area contributed by atoms with Crippen LogP contribution in [0.4, 0.5) is 0 Å². The monoisotopic (exact) mass is 482 g/mol. The summed E-state index contributed by atoms with van der Waals surface area (Å²) in [7, 11) is 2.14. The molecule has 0 spiro atoms. The predicted molar refractivity (Wildman–Crippen MR) is 119 cm³/mol. The third-order valence-electron chi connectivity index (χ3n) is 4.97. The highest BCUT2D eigenvalue weighted by atomic mass is 127. The first kappa shape index (κ1) is 23.9. The molecule has 154 valence electrons. The predicted octanol–water partition coefficient (Wildman–Crippen LogP) is 2.33. The molecule has 0 aromatic rings. The van der Waals surface area contributed by atoms with Crippen LogP contribution in [-0.2, 0) is 9.47 Å². The summed E-state index contributed by atoms with van der Waals surface area (Å²) >= 11 is 0. The molecule has 0 bridgehead atoms. The van der Waals surface area contributed by atoms with Crippen LogP contribution in [0.1, 0.15) is 40.5 Å². The number of guanidine groups is 1. The summed E-state index contributed by atoms with van der Waals surface area (Å²) < 4.78 is 11.9. The van der Waals surface area contributed by atoms with Crippen LogP contribution in [0.2, 0.25) is 0 Å². The first-order valence-electron chi connectivity index (χ1n) is 9.84. The van der Waals surface area contributed by atoms with Crippen molar-refractivity contribution in [2.45, 2.75) is 52.7 Å². The Balaban J connectivity index is 0.00000338. The first-order valence-corrected chi connectivity index (χ1v) is 9.84. The third kappa shape index (κ3) is 7.86. The second-order valence-electron chi connectivity index (χ2n) is 8.42. The van der Waals surface area contributed by atoms with Crippen molar-refractivity contribution in [3.63, 3.8) is 0 Å². The highest BCUT2D eigenvalue weighted by Crippen LogP contribution is 2.34. The molecule has 2 fully saturated rings. The summed E-state index contributed by atoms with van der Waals surface area (Å²) in [5.41, 5.74) is 0.160. The number of nitrogens with zero attached hydrogens (tertiary/aromatic N) is 2. The van der Waals surface area contributed by atoms with E-state index in [2.05, 4.69) is 50.3 Å². The number of nitrogens with one attached hydrogen (secondary N) is 2. The maximum absolute atomic E-state index is 6.08. The van der Waals surface area contributed by atoms with Crippen LogP contribution >= 0.6 is 24.0 Å². The molecule has 2 rings (SSSR count). The fourth-order valence-electron chi connectivity index (χ4n) is 3.74. The van der Waals surface area contributed by atoms with Crippen LogP contribution in [0, 0.1) is 11.3 Å². The van der Waals surface area contributed by atoms with Crippen molar-refractivity contribution >= 4 is 29.9 Å². The molecule has 2 N–H and O–H groups in total. The number of ether oxygens (including phenoxy) is 2. The molecule has 0 aromatic carbocycles. The topological polar surface area (TPSA) is 58.1 Å². The van der Waals surface area contributed by atoms with E-state index in [1.54, 1.807) is 0 Å². The second kappa shape index (κ2) is 11.7. The molecule has 7 heteroatoms. The number of aliphatic imine (C=N–C) groups is 1. The van der Waals surface area contributed by atoms with Crippen LogP contribution in [0.5, 0.6) is 0 Å². The molecule has 2 aliphatic heterocycles. The lowest BCUT2D eigenvalue weighted by molar-refractivity contribution is -0.0823. The molecule has 0 saturated carbocycles. The molecule has 2 heterocycles. The lowest BCUT2D eigenvalue weighted by Crippen LogP contribution is -2.48. The van der Waals surface area contributed by atoms with E-state index in [1.165, 1.54) is 6.42 Å². The number of hydrogen-bond donors (Lipinski definition) is 2. The first-order chi connectivity index (χ1) is 11.9. The zero-order valence-corrected chi connectivity index (χ0v) is 19.5. The lowest BCUT2D eigenvalue weighted by atomic mass is 9.78. The van der Waals surface area contributed by atoms with Gasteiger partial charge in [0.05, 0.1) is 18.8 Å². The van der Waals surface area contributed by atoms with Crippen LogP contribution in [-0.4, -0.2) is 76.1 Å². The normalized spacial score (nSPS) is 28.3. The molecule has 2 aliphatic rings. The van der Waals surface area contributed by atoms with Gasteiger partial charge in [0.2, 0.25) is 0 Å². The maximum Gasteiger partial charge on any atom is 0.191 e. The average molecular weight is 482 g/mol. The smallest absolute Gasteiger partial charge is 0.191 e. The van der Waals surface area contributed by atoms with E-state index in [0.717, 1.165) is 58.3 Å². The Hall–Kier alpha value is -0.120. The minimum Gasteiger partial charge on any atom is -0.377 e. The highest BCUT2D eigenvalue weighted by molar-refractivity contribution is 14.0. The molecule has 26 heavy (non-hydrogen) atoms. The fraction of sp³-hybridized carbons (Fsp3) is 0.947. The van der Waals surface area contributed by atoms with Crippen molar-refractivity contribution in [3.8, 4) is 0 Å². The Kier molecular flexibility index (Phi) is 10.7. The van der Waals surface area contributed by atoms with Crippen LogP contribution < -0.4 is 10.6 Å². The van der Waals surface area contributed by atoms with Crippen molar-refractivity contribution in [1.82, 2.24) is 15.5 Å². The van der Waals surface area contributed by atoms with Crippen molar-refractivity contribution < 1.29 is 9.47 Å². The molecular formula is C19H39IN4O2. The third-order valence-corrected chi connectivity index (χ3v) is 4.97. The van der Waals surface area contributed by atoms with Gasteiger partial charge < -0.3 is 25.0 Å². The zero-order chi connectivity index (χ0) is 18.3. The summed E-state index contributed by atoms with van der Waals surface area (Å²) in [4.78, 5) is 7.16. The van der Waals surface area contributed by atoms with E-state index >= 15 is 0 Å². The van der Waals surface area contributed by atoms with Gasteiger partial charge >= 0.3 is 0 Å². The van der Waals surface area contributed by atoms with E-state index in [4.69, 9.17) is 14.5 Å². The van der Waals surface area contributed by atoms with Gasteiger partial charge in [-0.15, -0.1) is 24.0 Å². The van der Waals surface area contributed by atoms with Gasteiger partial charge in [-0.25, -0.2) is 0 Å². The van der Waals surface area contributed by atoms with Gasteiger partial charge in [0, 0.05) is 45.2 Å². The van der Waals surface area contributed by atoms with Gasteiger partial charge in [-0.3, -0.25) is 4.99 Å². The van der Waals surface area contributed by atoms with E-state index in [9.17, 15) is 0 Å². The molecule has 0 radical (unpaired) electrons. The molecule has 2 saturated heterocycles. The van der Waals surface area contributed by atoms with E-state index in [1.807, 2.05) is 0 Å². The second-order valence-corrected chi connectivity index (χ2v) is 8.42. The molecule has 3 atom stereocenters. The Morgan fingerprint density at radius 1 is 1.19 bits per heavy atom. The molecule has 0 aliphatic carbocycles. The summed E-state index contributed by atoms with van der Waals surface area (Å²) in [5, 5.41) is 6.81. The highest BCUT2D eigenvalue weighted by Gasteiger charge is 2.35. The average Bonchev–Trinajstić information content (AvgIpc) is 2.57. The standard InChI is InChI=1S/C19H38N4O2.HI/c1-6-20-18(22-13-16-14-23(5)9-11-24-16)21-12-15-8-7-10-25-17(15)19(2,3)4;/h15-17H,6-14H2,1-5H3,(H2,20,21,22);1H. The number of likely N-dealkylation sites (N-methyl/N-ethyl adjacent to an activating group) is 1. The minimum absolute atomic E-state index is 0. The van der Waals surface area contributed by atoms with Gasteiger partial charge in [0.1, 0.15) is 0 Å². The number of hydrogen-bond acceptors (Lipinski definition) is 4. The van der Waals surface area contributed by atoms with E-state index in [0.29, 0.717) is 5.92 Å². The Labute approximate surface area is 176 Å². The van der Waals surface area contributed by atoms with Crippen molar-refractivity contribution in [2.75, 3.05) is 53.0 Å². The van der Waals surface area contributed by atoms with Gasteiger partial charge in [0.15, 0.2) is 5.96 Å². The van der Waals surface area contributed by atoms with Gasteiger partial charge in [-0.05, 0) is 32.2 Å². The van der Waals surface area contributed by atoms with Gasteiger partial charge in [-0.1, -0.05) is 20.8 Å². The molecule has 0 amide bonds. The summed E-state index contributed by atoms with van der Waals surface area (Å²) in [6.07, 6.45) is 2.84. The molecule has 0 aromatic heterocycles. The lowest BCUT2D eigenvalue weighted by Gasteiger charge is -2.39. The quantitative estimate of drug-likeness (QED) is 0.358. The largest absolute Gasteiger partial charge is 0.377 e. The summed E-state index contributed by atoms with van der Waals surface area (Å²) in [6, 6.07) is 0. The van der Waals surface area contributed by atoms with Crippen molar-refractivity contribution in [1.29, 1.82) is 0 Å². The van der Waals surface area contributed by atoms with E-state index < -0.39 is 0 Å². The molecule has 6 nitrogen and oxygen atoms in total. The summed E-state index contributed by atoms with van der Waals surface area (Å²) in [5.74, 6) is 1.37. The van der Waals surface area contributed by atoms with Crippen LogP contribution in [0.25, 0.3) is 0 Å². The molecular weight excluding hydrogens is 443 g/mol. The van der Waals surface area contributed by atoms with E-state index in [-0.39, 0.29) is 41.6 Å². The van der Waals surface area contributed by atoms with Crippen molar-refractivity contribution in [3.05, 3.63) is 0 Å². The Morgan fingerprint density at radius 3 is 2.62 bits per heavy atom. The van der Waals surface area contributed by atoms with Gasteiger partial charge in [-0.2, -0.15) is 0 Å². The molecule has 3 unspecified atom stereocenters. The fourth-order valence-corrected chi connectivity index (χ4v) is 3.74. The number of halogens is 1. The maximum atomic E-state index is 6.08. The number of rotatable bonds is 5.